The first-order valence-electron chi connectivity index (χ1n) is 5.52. The largest absolute Gasteiger partial charge is 0.334 e. The molecule has 1 atom stereocenters. The van der Waals surface area contributed by atoms with Gasteiger partial charge in [0.1, 0.15) is 11.6 Å². The van der Waals surface area contributed by atoms with Crippen molar-refractivity contribution in [2.75, 3.05) is 13.1 Å². The molecule has 1 unspecified atom stereocenters. The number of hydrogen-bond donors (Lipinski definition) is 1. The number of carbonyl (C=O) groups is 1. The third kappa shape index (κ3) is 2.02. The van der Waals surface area contributed by atoms with Crippen LogP contribution in [-0.2, 0) is 11.2 Å². The van der Waals surface area contributed by atoms with Crippen LogP contribution in [-0.4, -0.2) is 23.9 Å². The van der Waals surface area contributed by atoms with Crippen molar-refractivity contribution in [3.63, 3.8) is 0 Å². The Morgan fingerprint density at radius 2 is 2.24 bits per heavy atom. The number of rotatable bonds is 1. The molecule has 1 aromatic carbocycles. The van der Waals surface area contributed by atoms with Gasteiger partial charge in [-0.1, -0.05) is 0 Å². The van der Waals surface area contributed by atoms with E-state index in [4.69, 9.17) is 5.73 Å². The summed E-state index contributed by atoms with van der Waals surface area (Å²) < 4.78 is 26.8. The molecule has 5 heteroatoms. The molecule has 1 aliphatic heterocycles. The second-order valence-corrected chi connectivity index (χ2v) is 4.18. The van der Waals surface area contributed by atoms with Crippen LogP contribution < -0.4 is 5.73 Å². The van der Waals surface area contributed by atoms with Crippen molar-refractivity contribution >= 4 is 5.91 Å². The first kappa shape index (κ1) is 12.0. The molecule has 0 radical (unpaired) electrons. The molecule has 1 heterocycles. The number of benzene rings is 1. The highest BCUT2D eigenvalue weighted by Gasteiger charge is 2.29. The highest BCUT2D eigenvalue weighted by Crippen LogP contribution is 2.32. The molecule has 17 heavy (non-hydrogen) atoms. The SMILES string of the molecule is CC1c2c(F)cc(F)cc2CCN1C(=O)CN. The zero-order valence-electron chi connectivity index (χ0n) is 9.54. The molecule has 1 aliphatic rings. The summed E-state index contributed by atoms with van der Waals surface area (Å²) in [6, 6.07) is 1.79. The van der Waals surface area contributed by atoms with Gasteiger partial charge in [0.2, 0.25) is 5.91 Å². The molecule has 0 aliphatic carbocycles. The van der Waals surface area contributed by atoms with Crippen molar-refractivity contribution in [2.24, 2.45) is 5.73 Å². The number of amides is 1. The maximum Gasteiger partial charge on any atom is 0.236 e. The minimum absolute atomic E-state index is 0.0948. The van der Waals surface area contributed by atoms with Gasteiger partial charge in [0.15, 0.2) is 0 Å². The van der Waals surface area contributed by atoms with E-state index in [0.29, 0.717) is 24.1 Å². The Balaban J connectivity index is 2.42. The number of halogens is 2. The summed E-state index contributed by atoms with van der Waals surface area (Å²) in [4.78, 5) is 13.1. The third-order valence-electron chi connectivity index (χ3n) is 3.18. The second-order valence-electron chi connectivity index (χ2n) is 4.18. The van der Waals surface area contributed by atoms with Crippen LogP contribution in [0.5, 0.6) is 0 Å². The van der Waals surface area contributed by atoms with E-state index in [9.17, 15) is 13.6 Å². The van der Waals surface area contributed by atoms with Crippen molar-refractivity contribution in [1.82, 2.24) is 4.90 Å². The monoisotopic (exact) mass is 240 g/mol. The molecule has 3 nitrogen and oxygen atoms in total. The molecule has 1 aromatic rings. The zero-order valence-corrected chi connectivity index (χ0v) is 9.54. The van der Waals surface area contributed by atoms with Crippen LogP contribution in [0.4, 0.5) is 8.78 Å². The Labute approximate surface area is 98.2 Å². The lowest BCUT2D eigenvalue weighted by Crippen LogP contribution is -2.42. The lowest BCUT2D eigenvalue weighted by molar-refractivity contribution is -0.132. The normalized spacial score (nSPS) is 19.1. The summed E-state index contributed by atoms with van der Waals surface area (Å²) in [6.07, 6.45) is 0.458. The Morgan fingerprint density at radius 1 is 1.53 bits per heavy atom. The van der Waals surface area contributed by atoms with E-state index in [-0.39, 0.29) is 12.5 Å². The Bertz CT molecular complexity index is 462. The second kappa shape index (κ2) is 4.41. The van der Waals surface area contributed by atoms with E-state index in [0.717, 1.165) is 6.07 Å². The highest BCUT2D eigenvalue weighted by atomic mass is 19.1. The average molecular weight is 240 g/mol. The van der Waals surface area contributed by atoms with E-state index < -0.39 is 17.7 Å². The topological polar surface area (TPSA) is 46.3 Å². The van der Waals surface area contributed by atoms with Crippen molar-refractivity contribution in [2.45, 2.75) is 19.4 Å². The molecule has 0 fully saturated rings. The zero-order chi connectivity index (χ0) is 12.6. The fraction of sp³-hybridized carbons (Fsp3) is 0.417. The molecular formula is C12H14F2N2O. The first-order chi connectivity index (χ1) is 8.04. The standard InChI is InChI=1S/C12H14F2N2O/c1-7-12-8(4-9(13)5-10(12)14)2-3-16(7)11(17)6-15/h4-5,7H,2-3,6,15H2,1H3. The van der Waals surface area contributed by atoms with Crippen LogP contribution in [0.25, 0.3) is 0 Å². The maximum absolute atomic E-state index is 13.7. The van der Waals surface area contributed by atoms with Crippen molar-refractivity contribution in [1.29, 1.82) is 0 Å². The molecule has 2 rings (SSSR count). The summed E-state index contributed by atoms with van der Waals surface area (Å²) in [5, 5.41) is 0. The van der Waals surface area contributed by atoms with Gasteiger partial charge in [0.25, 0.3) is 0 Å². The predicted molar refractivity (Wildman–Crippen MR) is 59.2 cm³/mol. The average Bonchev–Trinajstić information content (AvgIpc) is 2.27. The third-order valence-corrected chi connectivity index (χ3v) is 3.18. The first-order valence-corrected chi connectivity index (χ1v) is 5.52. The van der Waals surface area contributed by atoms with Crippen molar-refractivity contribution in [3.05, 3.63) is 34.9 Å². The molecule has 0 saturated heterocycles. The lowest BCUT2D eigenvalue weighted by atomic mass is 9.92. The fourth-order valence-corrected chi connectivity index (χ4v) is 2.36. The molecule has 2 N–H and O–H groups in total. The quantitative estimate of drug-likeness (QED) is 0.805. The van der Waals surface area contributed by atoms with Crippen molar-refractivity contribution in [3.8, 4) is 0 Å². The summed E-state index contributed by atoms with van der Waals surface area (Å²) in [6.45, 7) is 2.09. The smallest absolute Gasteiger partial charge is 0.236 e. The van der Waals surface area contributed by atoms with Crippen LogP contribution in [0.1, 0.15) is 24.1 Å². The van der Waals surface area contributed by atoms with E-state index in [2.05, 4.69) is 0 Å². The van der Waals surface area contributed by atoms with E-state index in [1.165, 1.54) is 11.0 Å². The molecule has 92 valence electrons. The number of nitrogens with zero attached hydrogens (tertiary/aromatic N) is 1. The number of carbonyl (C=O) groups excluding carboxylic acids is 1. The Morgan fingerprint density at radius 3 is 2.88 bits per heavy atom. The van der Waals surface area contributed by atoms with Gasteiger partial charge in [0, 0.05) is 18.2 Å². The minimum atomic E-state index is -0.595. The number of fused-ring (bicyclic) bond motifs is 1. The molecular weight excluding hydrogens is 226 g/mol. The summed E-state index contributed by atoms with van der Waals surface area (Å²) in [5.41, 5.74) is 6.34. The Hall–Kier alpha value is -1.49. The predicted octanol–water partition coefficient (Wildman–Crippen LogP) is 1.37. The van der Waals surface area contributed by atoms with Gasteiger partial charge >= 0.3 is 0 Å². The van der Waals surface area contributed by atoms with Crippen LogP contribution in [0.3, 0.4) is 0 Å². The fourth-order valence-electron chi connectivity index (χ4n) is 2.36. The van der Waals surface area contributed by atoms with Gasteiger partial charge in [0.05, 0.1) is 12.6 Å². The van der Waals surface area contributed by atoms with Crippen LogP contribution in [0, 0.1) is 11.6 Å². The minimum Gasteiger partial charge on any atom is -0.334 e. The van der Waals surface area contributed by atoms with Crippen molar-refractivity contribution < 1.29 is 13.6 Å². The summed E-state index contributed by atoms with van der Waals surface area (Å²) >= 11 is 0. The lowest BCUT2D eigenvalue weighted by Gasteiger charge is -2.35. The molecule has 0 bridgehead atoms. The van der Waals surface area contributed by atoms with Gasteiger partial charge in [-0.15, -0.1) is 0 Å². The Kier molecular flexibility index (Phi) is 3.11. The summed E-state index contributed by atoms with van der Waals surface area (Å²) in [5.74, 6) is -1.39. The van der Waals surface area contributed by atoms with Gasteiger partial charge < -0.3 is 10.6 Å². The number of hydrogen-bond acceptors (Lipinski definition) is 2. The van der Waals surface area contributed by atoms with Crippen LogP contribution >= 0.6 is 0 Å². The number of nitrogens with two attached hydrogens (primary N) is 1. The molecule has 0 saturated carbocycles. The maximum atomic E-state index is 13.7. The molecule has 1 amide bonds. The van der Waals surface area contributed by atoms with Crippen LogP contribution in [0.2, 0.25) is 0 Å². The highest BCUT2D eigenvalue weighted by molar-refractivity contribution is 5.78. The van der Waals surface area contributed by atoms with E-state index in [1.54, 1.807) is 6.92 Å². The van der Waals surface area contributed by atoms with Gasteiger partial charge in [-0.2, -0.15) is 0 Å². The van der Waals surface area contributed by atoms with Gasteiger partial charge in [-0.25, -0.2) is 8.78 Å². The summed E-state index contributed by atoms with van der Waals surface area (Å²) in [7, 11) is 0. The van der Waals surface area contributed by atoms with E-state index in [1.807, 2.05) is 0 Å². The van der Waals surface area contributed by atoms with Gasteiger partial charge in [-0.3, -0.25) is 4.79 Å². The van der Waals surface area contributed by atoms with Crippen LogP contribution in [0.15, 0.2) is 12.1 Å². The van der Waals surface area contributed by atoms with E-state index >= 15 is 0 Å². The molecule has 0 aromatic heterocycles. The van der Waals surface area contributed by atoms with Gasteiger partial charge in [-0.05, 0) is 25.0 Å². The molecule has 0 spiro atoms.